The van der Waals surface area contributed by atoms with E-state index in [2.05, 4.69) is 44.7 Å². The minimum Gasteiger partial charge on any atom is -0.309 e. The third-order valence-corrected chi connectivity index (χ3v) is 12.0. The van der Waals surface area contributed by atoms with Gasteiger partial charge in [0.25, 0.3) is 0 Å². The maximum atomic E-state index is 16.5. The summed E-state index contributed by atoms with van der Waals surface area (Å²) in [6, 6.07) is 39.3. The Morgan fingerprint density at radius 2 is 0.750 bits per heavy atom. The average molecular weight is 890 g/mol. The number of alkyl halides is 3. The molecule has 0 saturated heterocycles. The number of hydrogen-bond acceptors (Lipinski definition) is 8. The van der Waals surface area contributed by atoms with Crippen molar-refractivity contribution in [2.75, 3.05) is 0 Å². The van der Waals surface area contributed by atoms with Crippen molar-refractivity contribution in [1.29, 1.82) is 0 Å². The van der Waals surface area contributed by atoms with Gasteiger partial charge in [-0.2, -0.15) is 13.2 Å². The van der Waals surface area contributed by atoms with Crippen LogP contribution in [-0.2, 0) is 6.18 Å². The molecule has 0 bridgehead atoms. The zero-order chi connectivity index (χ0) is 45.9. The number of aromatic nitrogens is 10. The molecule has 6 aromatic carbocycles. The molecule has 0 saturated carbocycles. The van der Waals surface area contributed by atoms with Crippen molar-refractivity contribution in [3.63, 3.8) is 0 Å². The summed E-state index contributed by atoms with van der Waals surface area (Å²) in [5.74, 6) is 1.74. The minimum absolute atomic E-state index is 0.140. The fourth-order valence-corrected chi connectivity index (χ4v) is 9.05. The number of nitrogens with zero attached hydrogens (tertiary/aromatic N) is 11. The van der Waals surface area contributed by atoms with Crippen LogP contribution in [0.1, 0.15) is 5.56 Å². The first-order valence-electron chi connectivity index (χ1n) is 21.3. The number of benzene rings is 6. The van der Waals surface area contributed by atoms with Gasteiger partial charge in [-0.1, -0.05) is 66.7 Å². The second kappa shape index (κ2) is 15.9. The highest BCUT2D eigenvalue weighted by Crippen LogP contribution is 2.46. The Morgan fingerprint density at radius 3 is 1.10 bits per heavy atom. The van der Waals surface area contributed by atoms with Crippen molar-refractivity contribution in [3.05, 3.63) is 200 Å². The quantitative estimate of drug-likeness (QED) is 0.145. The highest BCUT2D eigenvalue weighted by molar-refractivity contribution is 6.13. The SMILES string of the molecule is [C-]#[N+]c1cccc(-c2cc(-n3c4cc(-c5ncccn5)ccc4c4ccc(-c5ncccn5)cc43)c(C(F)(F)F)cc2-n2c3cc(-c4ncccn4)ccc3c3ccc(-c4ncccn4)cc32)c1. The van der Waals surface area contributed by atoms with Crippen LogP contribution in [0.2, 0.25) is 0 Å². The fourth-order valence-electron chi connectivity index (χ4n) is 9.05. The number of fused-ring (bicyclic) bond motifs is 6. The van der Waals surface area contributed by atoms with Crippen molar-refractivity contribution in [3.8, 4) is 68.1 Å². The van der Waals surface area contributed by atoms with E-state index < -0.39 is 11.7 Å². The van der Waals surface area contributed by atoms with Crippen LogP contribution in [0, 0.1) is 6.57 Å². The molecule has 11 nitrogen and oxygen atoms in total. The van der Waals surface area contributed by atoms with Gasteiger partial charge in [-0.05, 0) is 72.3 Å². The number of halogens is 3. The molecule has 6 aromatic heterocycles. The standard InChI is InChI=1S/C54H30F3N11/c1-58-37-8-2-7-32(25-37)42-30-49(68-46-28-35(52-63-21-5-22-64-52)11-15-40(46)41-16-12-36(29-47(41)68)53-65-23-6-24-66-53)43(54(55,56)57)31-48(42)67-44-26-33(50-59-17-3-18-60-50)9-13-38(44)39-14-10-34(27-45(39)67)51-61-19-4-20-62-51/h2-31H. The first kappa shape index (κ1) is 40.1. The lowest BCUT2D eigenvalue weighted by Crippen LogP contribution is -2.13. The molecule has 0 aliphatic rings. The Labute approximate surface area is 384 Å². The predicted molar refractivity (Wildman–Crippen MR) is 256 cm³/mol. The van der Waals surface area contributed by atoms with Gasteiger partial charge in [0.15, 0.2) is 29.0 Å². The molecule has 14 heteroatoms. The summed E-state index contributed by atoms with van der Waals surface area (Å²) < 4.78 is 52.9. The van der Waals surface area contributed by atoms with E-state index in [9.17, 15) is 0 Å². The molecule has 0 atom stereocenters. The minimum atomic E-state index is -4.89. The summed E-state index contributed by atoms with van der Waals surface area (Å²) in [5, 5.41) is 2.99. The molecule has 12 rings (SSSR count). The first-order valence-corrected chi connectivity index (χ1v) is 21.3. The lowest BCUT2D eigenvalue weighted by atomic mass is 9.98. The van der Waals surface area contributed by atoms with Crippen molar-refractivity contribution in [2.24, 2.45) is 0 Å². The Morgan fingerprint density at radius 1 is 0.382 bits per heavy atom. The van der Waals surface area contributed by atoms with E-state index in [1.807, 2.05) is 83.4 Å². The highest BCUT2D eigenvalue weighted by atomic mass is 19.4. The van der Waals surface area contributed by atoms with E-state index in [0.717, 1.165) is 10.8 Å². The lowest BCUT2D eigenvalue weighted by Gasteiger charge is -2.22. The van der Waals surface area contributed by atoms with Gasteiger partial charge in [-0.3, -0.25) is 0 Å². The zero-order valence-corrected chi connectivity index (χ0v) is 35.4. The Balaban J connectivity index is 1.23. The van der Waals surface area contributed by atoms with Gasteiger partial charge in [-0.15, -0.1) is 0 Å². The van der Waals surface area contributed by atoms with Crippen molar-refractivity contribution in [1.82, 2.24) is 49.0 Å². The highest BCUT2D eigenvalue weighted by Gasteiger charge is 2.37. The molecule has 0 unspecified atom stereocenters. The zero-order valence-electron chi connectivity index (χ0n) is 35.4. The van der Waals surface area contributed by atoms with Crippen molar-refractivity contribution in [2.45, 2.75) is 6.18 Å². The van der Waals surface area contributed by atoms with Crippen LogP contribution >= 0.6 is 0 Å². The van der Waals surface area contributed by atoms with E-state index in [4.69, 9.17) is 6.57 Å². The monoisotopic (exact) mass is 889 g/mol. The summed E-state index contributed by atoms with van der Waals surface area (Å²) >= 11 is 0. The third kappa shape index (κ3) is 6.76. The van der Waals surface area contributed by atoms with Crippen LogP contribution in [0.5, 0.6) is 0 Å². The molecular formula is C54H30F3N11. The molecule has 0 N–H and O–H groups in total. The van der Waals surface area contributed by atoms with E-state index in [1.54, 1.807) is 103 Å². The first-order chi connectivity index (χ1) is 33.3. The molecule has 68 heavy (non-hydrogen) atoms. The molecular weight excluding hydrogens is 860 g/mol. The Bertz CT molecular complexity index is 3770. The molecule has 6 heterocycles. The van der Waals surface area contributed by atoms with Gasteiger partial charge in [0.05, 0.1) is 45.6 Å². The molecule has 0 aliphatic carbocycles. The Hall–Kier alpha value is -9.48. The van der Waals surface area contributed by atoms with E-state index in [1.165, 1.54) is 6.07 Å². The third-order valence-electron chi connectivity index (χ3n) is 12.0. The second-order valence-electron chi connectivity index (χ2n) is 15.9. The molecule has 0 spiro atoms. The molecule has 322 valence electrons. The topological polar surface area (TPSA) is 117 Å². The van der Waals surface area contributed by atoms with Gasteiger partial charge >= 0.3 is 6.18 Å². The van der Waals surface area contributed by atoms with E-state index in [-0.39, 0.29) is 11.4 Å². The summed E-state index contributed by atoms with van der Waals surface area (Å²) in [7, 11) is 0. The predicted octanol–water partition coefficient (Wildman–Crippen LogP) is 12.9. The fraction of sp³-hybridized carbons (Fsp3) is 0.0185. The van der Waals surface area contributed by atoms with Crippen LogP contribution in [-0.4, -0.2) is 49.0 Å². The molecule has 0 radical (unpaired) electrons. The average Bonchev–Trinajstić information content (AvgIpc) is 3.90. The lowest BCUT2D eigenvalue weighted by molar-refractivity contribution is -0.137. The summed E-state index contributed by atoms with van der Waals surface area (Å²) in [6.07, 6.45) is 8.18. The smallest absolute Gasteiger partial charge is 0.309 e. The number of hydrogen-bond donors (Lipinski definition) is 0. The maximum absolute atomic E-state index is 16.5. The van der Waals surface area contributed by atoms with Gasteiger partial charge in [0, 0.05) is 98.9 Å². The summed E-state index contributed by atoms with van der Waals surface area (Å²) in [4.78, 5) is 39.6. The van der Waals surface area contributed by atoms with Gasteiger partial charge in [0.1, 0.15) is 0 Å². The maximum Gasteiger partial charge on any atom is 0.418 e. The molecule has 12 aromatic rings. The van der Waals surface area contributed by atoms with Crippen LogP contribution in [0.15, 0.2) is 183 Å². The Kier molecular flexibility index (Phi) is 9.36. The molecule has 0 aliphatic heterocycles. The molecule has 0 amide bonds. The van der Waals surface area contributed by atoms with Crippen molar-refractivity contribution >= 4 is 49.3 Å². The molecule has 0 fully saturated rings. The van der Waals surface area contributed by atoms with Gasteiger partial charge < -0.3 is 9.13 Å². The summed E-state index contributed by atoms with van der Waals surface area (Å²) in [5.41, 5.74) is 5.22. The van der Waals surface area contributed by atoms with Gasteiger partial charge in [-0.25, -0.2) is 44.7 Å². The van der Waals surface area contributed by atoms with Crippen LogP contribution in [0.4, 0.5) is 18.9 Å². The normalized spacial score (nSPS) is 11.7. The van der Waals surface area contributed by atoms with E-state index in [0.29, 0.717) is 95.2 Å². The van der Waals surface area contributed by atoms with Gasteiger partial charge in [0.2, 0.25) is 0 Å². The number of rotatable bonds is 7. The van der Waals surface area contributed by atoms with E-state index >= 15 is 13.2 Å². The van der Waals surface area contributed by atoms with Crippen LogP contribution in [0.25, 0.3) is 117 Å². The largest absolute Gasteiger partial charge is 0.418 e. The second-order valence-corrected chi connectivity index (χ2v) is 15.9. The van der Waals surface area contributed by atoms with Crippen molar-refractivity contribution < 1.29 is 13.2 Å². The van der Waals surface area contributed by atoms with Crippen LogP contribution in [0.3, 0.4) is 0 Å². The summed E-state index contributed by atoms with van der Waals surface area (Å²) in [6.45, 7) is 7.98. The van der Waals surface area contributed by atoms with Crippen LogP contribution < -0.4 is 0 Å².